The Hall–Kier alpha value is -2.38. The summed E-state index contributed by atoms with van der Waals surface area (Å²) >= 11 is 0. The van der Waals surface area contributed by atoms with Crippen LogP contribution < -0.4 is 10.6 Å². The fourth-order valence-electron chi connectivity index (χ4n) is 3.66. The standard InChI is InChI=1S/C23H35N5O2/c1-4-24-23(26-16-21(14-18(2)3)28-10-12-29-13-11-28)25-15-20-17-30-22(27-20)19-8-6-5-7-9-19/h5-9,17-18,21H,4,10-16H2,1-3H3,(H2,24,25,26). The average molecular weight is 414 g/mol. The third-order valence-corrected chi connectivity index (χ3v) is 5.13. The average Bonchev–Trinajstić information content (AvgIpc) is 3.25. The fourth-order valence-corrected chi connectivity index (χ4v) is 3.66. The zero-order chi connectivity index (χ0) is 21.2. The van der Waals surface area contributed by atoms with Gasteiger partial charge in [0.2, 0.25) is 5.89 Å². The summed E-state index contributed by atoms with van der Waals surface area (Å²) in [5, 5.41) is 6.87. The summed E-state index contributed by atoms with van der Waals surface area (Å²) < 4.78 is 11.2. The summed E-state index contributed by atoms with van der Waals surface area (Å²) in [7, 11) is 0. The second kappa shape index (κ2) is 11.7. The molecule has 2 aromatic rings. The summed E-state index contributed by atoms with van der Waals surface area (Å²) in [6, 6.07) is 10.4. The largest absolute Gasteiger partial charge is 0.444 e. The van der Waals surface area contributed by atoms with Gasteiger partial charge in [0.15, 0.2) is 5.96 Å². The van der Waals surface area contributed by atoms with Crippen LogP contribution in [0.4, 0.5) is 0 Å². The van der Waals surface area contributed by atoms with E-state index in [9.17, 15) is 0 Å². The van der Waals surface area contributed by atoms with E-state index in [0.29, 0.717) is 24.4 Å². The minimum Gasteiger partial charge on any atom is -0.444 e. The van der Waals surface area contributed by atoms with Crippen LogP contribution in [0, 0.1) is 5.92 Å². The number of rotatable bonds is 9. The van der Waals surface area contributed by atoms with Gasteiger partial charge in [0.05, 0.1) is 19.8 Å². The van der Waals surface area contributed by atoms with Crippen LogP contribution in [-0.4, -0.2) is 61.3 Å². The third kappa shape index (κ3) is 6.85. The van der Waals surface area contributed by atoms with Crippen molar-refractivity contribution in [2.45, 2.75) is 39.8 Å². The maximum Gasteiger partial charge on any atom is 0.226 e. The van der Waals surface area contributed by atoms with Crippen molar-refractivity contribution in [3.05, 3.63) is 42.3 Å². The van der Waals surface area contributed by atoms with Gasteiger partial charge in [0, 0.05) is 37.8 Å². The minimum absolute atomic E-state index is 0.467. The van der Waals surface area contributed by atoms with Gasteiger partial charge in [-0.2, -0.15) is 0 Å². The highest BCUT2D eigenvalue weighted by molar-refractivity contribution is 5.79. The number of guanidine groups is 1. The summed E-state index contributed by atoms with van der Waals surface area (Å²) in [5.41, 5.74) is 1.79. The lowest BCUT2D eigenvalue weighted by Gasteiger charge is -2.35. The van der Waals surface area contributed by atoms with Crippen molar-refractivity contribution in [1.29, 1.82) is 0 Å². The lowest BCUT2D eigenvalue weighted by molar-refractivity contribution is 0.0132. The highest BCUT2D eigenvalue weighted by Gasteiger charge is 2.22. The Balaban J connectivity index is 1.60. The van der Waals surface area contributed by atoms with Crippen LogP contribution in [0.15, 0.2) is 46.0 Å². The van der Waals surface area contributed by atoms with Gasteiger partial charge in [-0.25, -0.2) is 9.98 Å². The van der Waals surface area contributed by atoms with Gasteiger partial charge in [0.1, 0.15) is 12.0 Å². The first kappa shape index (κ1) is 22.3. The molecule has 0 bridgehead atoms. The highest BCUT2D eigenvalue weighted by Crippen LogP contribution is 2.18. The van der Waals surface area contributed by atoms with E-state index in [2.05, 4.69) is 41.3 Å². The van der Waals surface area contributed by atoms with Gasteiger partial charge in [-0.05, 0) is 31.4 Å². The van der Waals surface area contributed by atoms with Crippen LogP contribution in [0.25, 0.3) is 11.5 Å². The quantitative estimate of drug-likeness (QED) is 0.486. The molecule has 7 nitrogen and oxygen atoms in total. The zero-order valence-electron chi connectivity index (χ0n) is 18.4. The molecule has 1 saturated heterocycles. The van der Waals surface area contributed by atoms with Crippen LogP contribution in [0.3, 0.4) is 0 Å². The fraction of sp³-hybridized carbons (Fsp3) is 0.565. The first-order valence-corrected chi connectivity index (χ1v) is 11.0. The Bertz CT molecular complexity index is 769. The van der Waals surface area contributed by atoms with E-state index in [4.69, 9.17) is 14.1 Å². The number of benzene rings is 1. The van der Waals surface area contributed by atoms with E-state index in [0.717, 1.165) is 63.0 Å². The molecule has 7 heteroatoms. The molecule has 0 aliphatic carbocycles. The molecule has 1 unspecified atom stereocenters. The van der Waals surface area contributed by atoms with E-state index in [-0.39, 0.29) is 0 Å². The lowest BCUT2D eigenvalue weighted by atomic mass is 10.0. The predicted molar refractivity (Wildman–Crippen MR) is 120 cm³/mol. The molecule has 1 aromatic carbocycles. The lowest BCUT2D eigenvalue weighted by Crippen LogP contribution is -2.51. The topological polar surface area (TPSA) is 74.9 Å². The molecular formula is C23H35N5O2. The SMILES string of the molecule is CCNC(=NCc1coc(-c2ccccc2)n1)NCC(CC(C)C)N1CCOCC1. The van der Waals surface area contributed by atoms with Gasteiger partial charge in [0.25, 0.3) is 0 Å². The molecule has 1 atom stereocenters. The molecule has 2 heterocycles. The molecule has 3 rings (SSSR count). The molecule has 1 aromatic heterocycles. The number of oxazole rings is 1. The number of ether oxygens (including phenoxy) is 1. The van der Waals surface area contributed by atoms with Crippen molar-refractivity contribution < 1.29 is 9.15 Å². The number of hydrogen-bond acceptors (Lipinski definition) is 5. The Kier molecular flexibility index (Phi) is 8.71. The Labute approximate surface area is 179 Å². The Morgan fingerprint density at radius 2 is 1.93 bits per heavy atom. The van der Waals surface area contributed by atoms with Gasteiger partial charge < -0.3 is 19.8 Å². The van der Waals surface area contributed by atoms with Crippen molar-refractivity contribution in [2.75, 3.05) is 39.4 Å². The predicted octanol–water partition coefficient (Wildman–Crippen LogP) is 3.14. The van der Waals surface area contributed by atoms with E-state index < -0.39 is 0 Å². The summed E-state index contributed by atoms with van der Waals surface area (Å²) in [6.07, 6.45) is 2.83. The Morgan fingerprint density at radius 1 is 1.17 bits per heavy atom. The van der Waals surface area contributed by atoms with E-state index in [1.54, 1.807) is 6.26 Å². The van der Waals surface area contributed by atoms with Gasteiger partial charge in [-0.3, -0.25) is 4.90 Å². The van der Waals surface area contributed by atoms with Crippen LogP contribution in [0.5, 0.6) is 0 Å². The smallest absolute Gasteiger partial charge is 0.226 e. The molecule has 1 aliphatic rings. The summed E-state index contributed by atoms with van der Waals surface area (Å²) in [4.78, 5) is 11.8. The van der Waals surface area contributed by atoms with Gasteiger partial charge in [-0.15, -0.1) is 0 Å². The number of nitrogens with one attached hydrogen (secondary N) is 2. The molecule has 0 radical (unpaired) electrons. The molecule has 0 amide bonds. The van der Waals surface area contributed by atoms with Crippen LogP contribution in [0.2, 0.25) is 0 Å². The number of nitrogens with zero attached hydrogens (tertiary/aromatic N) is 3. The molecule has 2 N–H and O–H groups in total. The van der Waals surface area contributed by atoms with Crippen LogP contribution in [-0.2, 0) is 11.3 Å². The first-order valence-electron chi connectivity index (χ1n) is 11.0. The molecule has 0 spiro atoms. The molecular weight excluding hydrogens is 378 g/mol. The van der Waals surface area contributed by atoms with Crippen LogP contribution in [0.1, 0.15) is 32.9 Å². The zero-order valence-corrected chi connectivity index (χ0v) is 18.4. The molecule has 1 aliphatic heterocycles. The second-order valence-electron chi connectivity index (χ2n) is 8.02. The molecule has 164 valence electrons. The van der Waals surface area contributed by atoms with E-state index in [1.807, 2.05) is 30.3 Å². The van der Waals surface area contributed by atoms with Crippen LogP contribution >= 0.6 is 0 Å². The second-order valence-corrected chi connectivity index (χ2v) is 8.02. The number of hydrogen-bond donors (Lipinski definition) is 2. The molecule has 30 heavy (non-hydrogen) atoms. The van der Waals surface area contributed by atoms with Gasteiger partial charge >= 0.3 is 0 Å². The van der Waals surface area contributed by atoms with Crippen molar-refractivity contribution >= 4 is 5.96 Å². The Morgan fingerprint density at radius 3 is 2.63 bits per heavy atom. The van der Waals surface area contributed by atoms with Crippen molar-refractivity contribution in [3.63, 3.8) is 0 Å². The summed E-state index contributed by atoms with van der Waals surface area (Å²) in [6.45, 7) is 12.4. The van der Waals surface area contributed by atoms with E-state index >= 15 is 0 Å². The number of morpholine rings is 1. The van der Waals surface area contributed by atoms with E-state index in [1.165, 1.54) is 0 Å². The number of aromatic nitrogens is 1. The van der Waals surface area contributed by atoms with Crippen molar-refractivity contribution in [2.24, 2.45) is 10.9 Å². The monoisotopic (exact) mass is 413 g/mol. The maximum atomic E-state index is 5.62. The molecule has 1 fully saturated rings. The van der Waals surface area contributed by atoms with Gasteiger partial charge in [-0.1, -0.05) is 32.0 Å². The molecule has 0 saturated carbocycles. The summed E-state index contributed by atoms with van der Waals surface area (Å²) in [5.74, 6) is 2.08. The third-order valence-electron chi connectivity index (χ3n) is 5.13. The normalized spacial score (nSPS) is 16.6. The maximum absolute atomic E-state index is 5.62. The first-order chi connectivity index (χ1) is 14.7. The van der Waals surface area contributed by atoms with Crippen molar-refractivity contribution in [3.8, 4) is 11.5 Å². The minimum atomic E-state index is 0.467. The van der Waals surface area contributed by atoms with Crippen molar-refractivity contribution in [1.82, 2.24) is 20.5 Å². The highest BCUT2D eigenvalue weighted by atomic mass is 16.5. The number of aliphatic imine (C=N–C) groups is 1.